The summed E-state index contributed by atoms with van der Waals surface area (Å²) in [7, 11) is 0. The van der Waals surface area contributed by atoms with E-state index in [0.29, 0.717) is 12.8 Å². The van der Waals surface area contributed by atoms with Crippen LogP contribution in [0.25, 0.3) is 0 Å². The number of rotatable bonds is 9. The molecule has 3 nitrogen and oxygen atoms in total. The van der Waals surface area contributed by atoms with Crippen LogP contribution in [0.2, 0.25) is 0 Å². The molecule has 0 heterocycles. The molecule has 0 aliphatic rings. The van der Waals surface area contributed by atoms with E-state index >= 15 is 0 Å². The molecule has 3 heteroatoms. The predicted molar refractivity (Wildman–Crippen MR) is 79.5 cm³/mol. The first-order chi connectivity index (χ1) is 9.63. The van der Waals surface area contributed by atoms with Crippen LogP contribution in [0.15, 0.2) is 30.3 Å². The summed E-state index contributed by atoms with van der Waals surface area (Å²) in [5, 5.41) is 0. The molecule has 0 spiro atoms. The zero-order valence-electron chi connectivity index (χ0n) is 12.4. The van der Waals surface area contributed by atoms with Gasteiger partial charge in [0, 0.05) is 13.3 Å². The largest absolute Gasteiger partial charge is 0.455 e. The van der Waals surface area contributed by atoms with Gasteiger partial charge in [-0.2, -0.15) is 0 Å². The third-order valence-corrected chi connectivity index (χ3v) is 3.23. The van der Waals surface area contributed by atoms with Crippen molar-refractivity contribution in [2.75, 3.05) is 0 Å². The minimum absolute atomic E-state index is 0.0459. The Labute approximate surface area is 121 Å². The van der Waals surface area contributed by atoms with Crippen molar-refractivity contribution in [3.63, 3.8) is 0 Å². The molecule has 1 aromatic carbocycles. The maximum absolute atomic E-state index is 12.1. The molecular formula is C17H24O3. The first kappa shape index (κ1) is 16.4. The number of aryl methyl sites for hydroxylation is 1. The number of ether oxygens (including phenoxy) is 1. The molecule has 0 saturated heterocycles. The Morgan fingerprint density at radius 1 is 1.15 bits per heavy atom. The van der Waals surface area contributed by atoms with Gasteiger partial charge in [0.1, 0.15) is 0 Å². The molecule has 0 saturated carbocycles. The molecule has 0 aromatic heterocycles. The van der Waals surface area contributed by atoms with Crippen molar-refractivity contribution in [1.29, 1.82) is 0 Å². The molecule has 0 fully saturated rings. The van der Waals surface area contributed by atoms with Gasteiger partial charge in [-0.15, -0.1) is 0 Å². The predicted octanol–water partition coefficient (Wildman–Crippen LogP) is 3.70. The van der Waals surface area contributed by atoms with Crippen molar-refractivity contribution in [2.45, 2.75) is 58.5 Å². The molecule has 20 heavy (non-hydrogen) atoms. The summed E-state index contributed by atoms with van der Waals surface area (Å²) in [5.74, 6) is -0.337. The minimum Gasteiger partial charge on any atom is -0.455 e. The lowest BCUT2D eigenvalue weighted by atomic mass is 10.0. The number of carbonyl (C=O) groups is 2. The highest BCUT2D eigenvalue weighted by Crippen LogP contribution is 2.12. The Bertz CT molecular complexity index is 412. The van der Waals surface area contributed by atoms with Gasteiger partial charge in [-0.3, -0.25) is 9.59 Å². The summed E-state index contributed by atoms with van der Waals surface area (Å²) < 4.78 is 5.18. The zero-order chi connectivity index (χ0) is 14.8. The standard InChI is InChI=1S/C17H24O3/c1-3-4-6-11-16(19)17(20-14(2)18)13-12-15-9-7-5-8-10-15/h5,7-10,17H,3-4,6,11-13H2,1-2H3. The average Bonchev–Trinajstić information content (AvgIpc) is 2.44. The van der Waals surface area contributed by atoms with E-state index in [1.54, 1.807) is 0 Å². The number of Topliss-reactive ketones (excluding diaryl/α,β-unsaturated/α-hetero) is 1. The molecule has 0 aliphatic carbocycles. The molecule has 1 aromatic rings. The van der Waals surface area contributed by atoms with Crippen LogP contribution in [0.3, 0.4) is 0 Å². The normalized spacial score (nSPS) is 11.9. The quantitative estimate of drug-likeness (QED) is 0.510. The van der Waals surface area contributed by atoms with E-state index in [9.17, 15) is 9.59 Å². The van der Waals surface area contributed by atoms with Gasteiger partial charge in [0.2, 0.25) is 0 Å². The lowest BCUT2D eigenvalue weighted by Gasteiger charge is -2.16. The number of unbranched alkanes of at least 4 members (excludes halogenated alkanes) is 2. The smallest absolute Gasteiger partial charge is 0.303 e. The molecule has 0 radical (unpaired) electrons. The third kappa shape index (κ3) is 6.50. The SMILES string of the molecule is CCCCCC(=O)C(CCc1ccccc1)OC(C)=O. The second-order valence-corrected chi connectivity index (χ2v) is 5.05. The summed E-state index contributed by atoms with van der Waals surface area (Å²) in [4.78, 5) is 23.2. The summed E-state index contributed by atoms with van der Waals surface area (Å²) in [6, 6.07) is 9.94. The molecule has 1 rings (SSSR count). The van der Waals surface area contributed by atoms with Crippen molar-refractivity contribution < 1.29 is 14.3 Å². The number of benzene rings is 1. The molecule has 0 aliphatic heterocycles. The first-order valence-corrected chi connectivity index (χ1v) is 7.37. The van der Waals surface area contributed by atoms with E-state index in [-0.39, 0.29) is 11.8 Å². The van der Waals surface area contributed by atoms with Gasteiger partial charge in [-0.25, -0.2) is 0 Å². The Hall–Kier alpha value is -1.64. The Kier molecular flexibility index (Phi) is 7.63. The molecule has 1 unspecified atom stereocenters. The number of ketones is 1. The average molecular weight is 276 g/mol. The first-order valence-electron chi connectivity index (χ1n) is 7.37. The van der Waals surface area contributed by atoms with Gasteiger partial charge in [-0.05, 0) is 24.8 Å². The van der Waals surface area contributed by atoms with Crippen LogP contribution in [-0.2, 0) is 20.7 Å². The third-order valence-electron chi connectivity index (χ3n) is 3.23. The topological polar surface area (TPSA) is 43.4 Å². The van der Waals surface area contributed by atoms with Gasteiger partial charge >= 0.3 is 5.97 Å². The zero-order valence-corrected chi connectivity index (χ0v) is 12.4. The Balaban J connectivity index is 2.50. The summed E-state index contributed by atoms with van der Waals surface area (Å²) in [5.41, 5.74) is 1.16. The van der Waals surface area contributed by atoms with E-state index in [1.165, 1.54) is 6.92 Å². The van der Waals surface area contributed by atoms with E-state index in [1.807, 2.05) is 30.3 Å². The van der Waals surface area contributed by atoms with Crippen molar-refractivity contribution >= 4 is 11.8 Å². The van der Waals surface area contributed by atoms with Gasteiger partial charge < -0.3 is 4.74 Å². The van der Waals surface area contributed by atoms with Crippen LogP contribution >= 0.6 is 0 Å². The van der Waals surface area contributed by atoms with Crippen LogP contribution in [0.1, 0.15) is 51.5 Å². The van der Waals surface area contributed by atoms with Crippen molar-refractivity contribution in [1.82, 2.24) is 0 Å². The van der Waals surface area contributed by atoms with Crippen LogP contribution in [-0.4, -0.2) is 17.9 Å². The lowest BCUT2D eigenvalue weighted by molar-refractivity contribution is -0.153. The number of esters is 1. The number of carbonyl (C=O) groups excluding carboxylic acids is 2. The van der Waals surface area contributed by atoms with Gasteiger partial charge in [-0.1, -0.05) is 50.1 Å². The molecule has 1 atom stereocenters. The molecular weight excluding hydrogens is 252 g/mol. The van der Waals surface area contributed by atoms with Crippen molar-refractivity contribution in [3.8, 4) is 0 Å². The summed E-state index contributed by atoms with van der Waals surface area (Å²) in [6.45, 7) is 3.46. The van der Waals surface area contributed by atoms with Crippen molar-refractivity contribution in [3.05, 3.63) is 35.9 Å². The van der Waals surface area contributed by atoms with Gasteiger partial charge in [0.05, 0.1) is 0 Å². The van der Waals surface area contributed by atoms with Crippen LogP contribution in [0.4, 0.5) is 0 Å². The second-order valence-electron chi connectivity index (χ2n) is 5.05. The van der Waals surface area contributed by atoms with E-state index in [4.69, 9.17) is 4.74 Å². The van der Waals surface area contributed by atoms with E-state index in [0.717, 1.165) is 31.2 Å². The Morgan fingerprint density at radius 3 is 2.45 bits per heavy atom. The van der Waals surface area contributed by atoms with E-state index < -0.39 is 6.10 Å². The molecule has 110 valence electrons. The lowest BCUT2D eigenvalue weighted by Crippen LogP contribution is -2.27. The van der Waals surface area contributed by atoms with E-state index in [2.05, 4.69) is 6.92 Å². The van der Waals surface area contributed by atoms with Crippen LogP contribution in [0, 0.1) is 0 Å². The molecule has 0 N–H and O–H groups in total. The van der Waals surface area contributed by atoms with Crippen LogP contribution in [0.5, 0.6) is 0 Å². The maximum atomic E-state index is 12.1. The second kappa shape index (κ2) is 9.29. The highest BCUT2D eigenvalue weighted by Gasteiger charge is 2.20. The minimum atomic E-state index is -0.593. The highest BCUT2D eigenvalue weighted by molar-refractivity contribution is 5.85. The maximum Gasteiger partial charge on any atom is 0.303 e. The van der Waals surface area contributed by atoms with Crippen LogP contribution < -0.4 is 0 Å². The summed E-state index contributed by atoms with van der Waals surface area (Å²) in [6.07, 6.45) is 4.21. The molecule has 0 amide bonds. The van der Waals surface area contributed by atoms with Crippen molar-refractivity contribution in [2.24, 2.45) is 0 Å². The molecule has 0 bridgehead atoms. The Morgan fingerprint density at radius 2 is 1.85 bits per heavy atom. The number of hydrogen-bond donors (Lipinski definition) is 0. The fourth-order valence-electron chi connectivity index (χ4n) is 2.14. The van der Waals surface area contributed by atoms with Gasteiger partial charge in [0.15, 0.2) is 11.9 Å². The fraction of sp³-hybridized carbons (Fsp3) is 0.529. The fourth-order valence-corrected chi connectivity index (χ4v) is 2.14. The number of hydrogen-bond acceptors (Lipinski definition) is 3. The highest BCUT2D eigenvalue weighted by atomic mass is 16.5. The van der Waals surface area contributed by atoms with Gasteiger partial charge in [0.25, 0.3) is 0 Å². The summed E-state index contributed by atoms with van der Waals surface area (Å²) >= 11 is 0. The monoisotopic (exact) mass is 276 g/mol.